The van der Waals surface area contributed by atoms with E-state index >= 15 is 0 Å². The summed E-state index contributed by atoms with van der Waals surface area (Å²) in [5.41, 5.74) is 5.93. The zero-order valence-electron chi connectivity index (χ0n) is 12.2. The van der Waals surface area contributed by atoms with Crippen LogP contribution in [0.15, 0.2) is 34.5 Å². The Labute approximate surface area is 149 Å². The molecule has 10 heteroatoms. The van der Waals surface area contributed by atoms with Crippen LogP contribution in [0.1, 0.15) is 16.1 Å². The van der Waals surface area contributed by atoms with Crippen LogP contribution in [-0.4, -0.2) is 28.3 Å². The number of rotatable bonds is 8. The number of hydrogen-bond acceptors (Lipinski definition) is 6. The summed E-state index contributed by atoms with van der Waals surface area (Å²) in [7, 11) is 0. The Bertz CT molecular complexity index is 725. The van der Waals surface area contributed by atoms with Crippen LogP contribution < -0.4 is 11.1 Å². The molecular weight excluding hydrogens is 376 g/mol. The standard InChI is InChI=1S/C14H13F2N3O2S3/c15-13(16)24-10-4-2-1-3-9(10)12(21)19-14-18-8(6-23-14)5-22-7-11(17)20/h1-4,6,13H,5,7H2,(H2,17,20)(H,18,19,21). The van der Waals surface area contributed by atoms with Gasteiger partial charge in [-0.3, -0.25) is 14.9 Å². The van der Waals surface area contributed by atoms with Gasteiger partial charge in [0.1, 0.15) is 0 Å². The number of amides is 2. The molecule has 1 aromatic heterocycles. The van der Waals surface area contributed by atoms with Crippen LogP contribution in [-0.2, 0) is 10.5 Å². The van der Waals surface area contributed by atoms with Gasteiger partial charge >= 0.3 is 0 Å². The summed E-state index contributed by atoms with van der Waals surface area (Å²) >= 11 is 2.87. The molecule has 128 valence electrons. The number of carbonyl (C=O) groups is 2. The van der Waals surface area contributed by atoms with Crippen LogP contribution in [0.2, 0.25) is 0 Å². The first kappa shape index (κ1) is 18.7. The minimum Gasteiger partial charge on any atom is -0.369 e. The fourth-order valence-corrected chi connectivity index (χ4v) is 3.81. The second-order valence-corrected chi connectivity index (χ2v) is 7.31. The highest BCUT2D eigenvalue weighted by Crippen LogP contribution is 2.29. The van der Waals surface area contributed by atoms with Gasteiger partial charge in [0.05, 0.1) is 17.0 Å². The molecule has 5 nitrogen and oxygen atoms in total. The van der Waals surface area contributed by atoms with Crippen LogP contribution in [0, 0.1) is 0 Å². The van der Waals surface area contributed by atoms with Gasteiger partial charge in [-0.15, -0.1) is 23.1 Å². The number of alkyl halides is 2. The molecule has 0 unspecified atom stereocenters. The lowest BCUT2D eigenvalue weighted by Crippen LogP contribution is -2.13. The number of primary amides is 1. The Balaban J connectivity index is 2.00. The molecule has 0 aliphatic heterocycles. The van der Waals surface area contributed by atoms with Gasteiger partial charge in [0, 0.05) is 16.0 Å². The van der Waals surface area contributed by atoms with E-state index in [9.17, 15) is 18.4 Å². The molecule has 0 radical (unpaired) electrons. The molecule has 0 aliphatic rings. The first-order valence-electron chi connectivity index (χ1n) is 6.61. The van der Waals surface area contributed by atoms with E-state index in [1.165, 1.54) is 35.2 Å². The monoisotopic (exact) mass is 389 g/mol. The van der Waals surface area contributed by atoms with Crippen molar-refractivity contribution in [3.8, 4) is 0 Å². The van der Waals surface area contributed by atoms with Crippen molar-refractivity contribution in [3.05, 3.63) is 40.9 Å². The van der Waals surface area contributed by atoms with Crippen molar-refractivity contribution >= 4 is 51.8 Å². The van der Waals surface area contributed by atoms with Gasteiger partial charge in [-0.1, -0.05) is 23.9 Å². The molecule has 0 spiro atoms. The minimum absolute atomic E-state index is 0.169. The molecule has 2 aromatic rings. The summed E-state index contributed by atoms with van der Waals surface area (Å²) in [4.78, 5) is 27.4. The number of carbonyl (C=O) groups excluding carboxylic acids is 2. The maximum atomic E-state index is 12.6. The van der Waals surface area contributed by atoms with E-state index in [2.05, 4.69) is 10.3 Å². The Morgan fingerprint density at radius 1 is 1.33 bits per heavy atom. The Morgan fingerprint density at radius 3 is 2.79 bits per heavy atom. The highest BCUT2D eigenvalue weighted by molar-refractivity contribution is 7.99. The zero-order chi connectivity index (χ0) is 17.5. The van der Waals surface area contributed by atoms with Crippen molar-refractivity contribution in [2.45, 2.75) is 16.4 Å². The van der Waals surface area contributed by atoms with E-state index in [0.717, 1.165) is 0 Å². The molecule has 1 heterocycles. The lowest BCUT2D eigenvalue weighted by atomic mass is 10.2. The average Bonchev–Trinajstić information content (AvgIpc) is 2.94. The van der Waals surface area contributed by atoms with Crippen LogP contribution in [0.3, 0.4) is 0 Å². The minimum atomic E-state index is -2.60. The number of hydrogen-bond donors (Lipinski definition) is 2. The van der Waals surface area contributed by atoms with Crippen LogP contribution in [0.5, 0.6) is 0 Å². The summed E-state index contributed by atoms with van der Waals surface area (Å²) in [5.74, 6) is -2.82. The molecule has 0 saturated carbocycles. The predicted octanol–water partition coefficient (Wildman–Crippen LogP) is 3.43. The maximum Gasteiger partial charge on any atom is 0.288 e. The highest BCUT2D eigenvalue weighted by Gasteiger charge is 2.16. The Kier molecular flexibility index (Phi) is 7.00. The fraction of sp³-hybridized carbons (Fsp3) is 0.214. The molecule has 3 N–H and O–H groups in total. The second-order valence-electron chi connectivity index (χ2n) is 4.43. The van der Waals surface area contributed by atoms with Gasteiger partial charge in [0.15, 0.2) is 5.13 Å². The van der Waals surface area contributed by atoms with Crippen molar-refractivity contribution in [2.75, 3.05) is 11.1 Å². The fourth-order valence-electron chi connectivity index (χ4n) is 1.70. The van der Waals surface area contributed by atoms with E-state index < -0.39 is 17.6 Å². The Morgan fingerprint density at radius 2 is 2.08 bits per heavy atom. The van der Waals surface area contributed by atoms with E-state index in [1.54, 1.807) is 17.5 Å². The van der Waals surface area contributed by atoms with Crippen LogP contribution in [0.4, 0.5) is 13.9 Å². The molecule has 1 aromatic carbocycles. The quantitative estimate of drug-likeness (QED) is 0.676. The number of nitrogens with one attached hydrogen (secondary N) is 1. The van der Waals surface area contributed by atoms with E-state index in [1.807, 2.05) is 0 Å². The van der Waals surface area contributed by atoms with Gasteiger partial charge < -0.3 is 5.73 Å². The summed E-state index contributed by atoms with van der Waals surface area (Å²) < 4.78 is 25.1. The topological polar surface area (TPSA) is 85.1 Å². The summed E-state index contributed by atoms with van der Waals surface area (Å²) in [6, 6.07) is 6.16. The zero-order valence-corrected chi connectivity index (χ0v) is 14.6. The molecule has 0 bridgehead atoms. The smallest absolute Gasteiger partial charge is 0.288 e. The third-order valence-electron chi connectivity index (χ3n) is 2.61. The number of anilines is 1. The number of benzene rings is 1. The van der Waals surface area contributed by atoms with Crippen molar-refractivity contribution in [1.29, 1.82) is 0 Å². The van der Waals surface area contributed by atoms with Crippen molar-refractivity contribution in [3.63, 3.8) is 0 Å². The number of thioether (sulfide) groups is 2. The van der Waals surface area contributed by atoms with E-state index in [4.69, 9.17) is 5.73 Å². The number of nitrogens with zero attached hydrogens (tertiary/aromatic N) is 1. The van der Waals surface area contributed by atoms with Gasteiger partial charge in [0.25, 0.3) is 11.7 Å². The molecule has 24 heavy (non-hydrogen) atoms. The molecule has 2 rings (SSSR count). The summed E-state index contributed by atoms with van der Waals surface area (Å²) in [6.45, 7) is 0. The van der Waals surface area contributed by atoms with Gasteiger partial charge in [-0.25, -0.2) is 4.98 Å². The molecule has 2 amide bonds. The second kappa shape index (κ2) is 9.00. The van der Waals surface area contributed by atoms with Gasteiger partial charge in [0.2, 0.25) is 5.91 Å². The normalized spacial score (nSPS) is 10.8. The van der Waals surface area contributed by atoms with E-state index in [-0.39, 0.29) is 16.2 Å². The first-order valence-corrected chi connectivity index (χ1v) is 9.52. The summed E-state index contributed by atoms with van der Waals surface area (Å²) in [5, 5.41) is 4.72. The summed E-state index contributed by atoms with van der Waals surface area (Å²) in [6.07, 6.45) is 0. The first-order chi connectivity index (χ1) is 11.5. The van der Waals surface area contributed by atoms with Gasteiger partial charge in [-0.05, 0) is 12.1 Å². The molecule has 0 fully saturated rings. The van der Waals surface area contributed by atoms with Crippen molar-refractivity contribution in [1.82, 2.24) is 4.98 Å². The number of nitrogens with two attached hydrogens (primary N) is 1. The van der Waals surface area contributed by atoms with Crippen molar-refractivity contribution < 1.29 is 18.4 Å². The Hall–Kier alpha value is -1.65. The largest absolute Gasteiger partial charge is 0.369 e. The molecule has 0 aliphatic carbocycles. The predicted molar refractivity (Wildman–Crippen MR) is 93.7 cm³/mol. The van der Waals surface area contributed by atoms with Crippen LogP contribution >= 0.6 is 34.9 Å². The third-order valence-corrected chi connectivity index (χ3v) is 5.20. The number of halogens is 2. The molecule has 0 atom stereocenters. The van der Waals surface area contributed by atoms with Crippen molar-refractivity contribution in [2.24, 2.45) is 5.73 Å². The lowest BCUT2D eigenvalue weighted by Gasteiger charge is -2.07. The molecular formula is C14H13F2N3O2S3. The van der Waals surface area contributed by atoms with E-state index in [0.29, 0.717) is 28.3 Å². The van der Waals surface area contributed by atoms with Gasteiger partial charge in [-0.2, -0.15) is 8.78 Å². The average molecular weight is 389 g/mol. The number of aromatic nitrogens is 1. The lowest BCUT2D eigenvalue weighted by molar-refractivity contribution is -0.115. The molecule has 0 saturated heterocycles. The SMILES string of the molecule is NC(=O)CSCc1csc(NC(=O)c2ccccc2SC(F)F)n1. The number of thiazole rings is 1. The third kappa shape index (κ3) is 5.77. The van der Waals surface area contributed by atoms with Crippen LogP contribution in [0.25, 0.3) is 0 Å². The maximum absolute atomic E-state index is 12.6. The highest BCUT2D eigenvalue weighted by atomic mass is 32.2.